The number of carbonyl (C=O) groups excluding carboxylic acids is 2. The summed E-state index contributed by atoms with van der Waals surface area (Å²) >= 11 is 0. The van der Waals surface area contributed by atoms with Crippen LogP contribution in [-0.4, -0.2) is 18.4 Å². The minimum atomic E-state index is -0.192. The highest BCUT2D eigenvalue weighted by atomic mass is 16.2. The molecule has 4 aromatic carbocycles. The Kier molecular flexibility index (Phi) is 5.07. The Hall–Kier alpha value is -4.12. The van der Waals surface area contributed by atoms with Crippen LogP contribution in [0.25, 0.3) is 10.8 Å². The third kappa shape index (κ3) is 3.58. The van der Waals surface area contributed by atoms with Crippen LogP contribution >= 0.6 is 0 Å². The molecule has 0 radical (unpaired) electrons. The predicted octanol–water partition coefficient (Wildman–Crippen LogP) is 5.27. The van der Waals surface area contributed by atoms with Crippen molar-refractivity contribution in [3.05, 3.63) is 102 Å². The van der Waals surface area contributed by atoms with Crippen molar-refractivity contribution in [3.8, 4) is 0 Å². The van der Waals surface area contributed by atoms with E-state index in [2.05, 4.69) is 5.32 Å². The Morgan fingerprint density at radius 1 is 0.875 bits per heavy atom. The van der Waals surface area contributed by atoms with Crippen LogP contribution in [0.2, 0.25) is 0 Å². The fraction of sp³-hybridized carbons (Fsp3) is 0.111. The molecule has 5 heteroatoms. The van der Waals surface area contributed by atoms with Crippen LogP contribution in [0.4, 0.5) is 17.1 Å². The zero-order valence-corrected chi connectivity index (χ0v) is 17.5. The molecule has 0 bridgehead atoms. The van der Waals surface area contributed by atoms with E-state index in [9.17, 15) is 9.59 Å². The van der Waals surface area contributed by atoms with Gasteiger partial charge in [-0.2, -0.15) is 0 Å². The van der Waals surface area contributed by atoms with Crippen molar-refractivity contribution in [2.75, 3.05) is 22.5 Å². The molecule has 0 fully saturated rings. The molecule has 4 aromatic rings. The first kappa shape index (κ1) is 19.8. The molecule has 1 aliphatic heterocycles. The van der Waals surface area contributed by atoms with Gasteiger partial charge in [-0.3, -0.25) is 9.59 Å². The fourth-order valence-electron chi connectivity index (χ4n) is 4.27. The van der Waals surface area contributed by atoms with E-state index in [0.717, 1.165) is 40.4 Å². The molecule has 0 aliphatic carbocycles. The molecule has 5 rings (SSSR count). The van der Waals surface area contributed by atoms with Crippen LogP contribution in [0, 0.1) is 0 Å². The normalized spacial score (nSPS) is 12.4. The summed E-state index contributed by atoms with van der Waals surface area (Å²) in [7, 11) is 0. The van der Waals surface area contributed by atoms with E-state index in [1.54, 1.807) is 12.1 Å². The number of para-hydroxylation sites is 2. The summed E-state index contributed by atoms with van der Waals surface area (Å²) in [5.41, 5.74) is 10.5. The first-order valence-electron chi connectivity index (χ1n) is 10.7. The number of nitrogen functional groups attached to an aromatic ring is 1. The number of nitrogens with zero attached hydrogens (tertiary/aromatic N) is 1. The van der Waals surface area contributed by atoms with Crippen molar-refractivity contribution < 1.29 is 9.59 Å². The number of amides is 2. The lowest BCUT2D eigenvalue weighted by Crippen LogP contribution is -2.28. The fourth-order valence-corrected chi connectivity index (χ4v) is 4.27. The third-order valence-electron chi connectivity index (χ3n) is 5.92. The SMILES string of the molecule is Nc1ccccc1NC(=O)c1ccc(CCCN2C(=O)c3cccc4cccc2c34)cc1. The summed E-state index contributed by atoms with van der Waals surface area (Å²) in [6.45, 7) is 0.655. The molecule has 0 unspecified atom stereocenters. The number of hydrogen-bond donors (Lipinski definition) is 2. The Bertz CT molecular complexity index is 1320. The van der Waals surface area contributed by atoms with Crippen LogP contribution in [-0.2, 0) is 6.42 Å². The number of nitrogens with two attached hydrogens (primary N) is 1. The van der Waals surface area contributed by atoms with Gasteiger partial charge in [0, 0.05) is 23.1 Å². The first-order chi connectivity index (χ1) is 15.6. The maximum atomic E-state index is 12.9. The zero-order valence-electron chi connectivity index (χ0n) is 17.5. The molecular formula is C27H23N3O2. The van der Waals surface area contributed by atoms with E-state index in [4.69, 9.17) is 5.73 Å². The Morgan fingerprint density at radius 2 is 1.62 bits per heavy atom. The molecule has 0 saturated carbocycles. The quantitative estimate of drug-likeness (QED) is 0.417. The van der Waals surface area contributed by atoms with E-state index in [0.29, 0.717) is 23.5 Å². The lowest BCUT2D eigenvalue weighted by Gasteiger charge is -2.17. The van der Waals surface area contributed by atoms with E-state index >= 15 is 0 Å². The Morgan fingerprint density at radius 3 is 2.41 bits per heavy atom. The van der Waals surface area contributed by atoms with Gasteiger partial charge in [0.05, 0.1) is 17.1 Å². The van der Waals surface area contributed by atoms with Crippen molar-refractivity contribution in [1.29, 1.82) is 0 Å². The molecule has 5 nitrogen and oxygen atoms in total. The number of carbonyl (C=O) groups is 2. The van der Waals surface area contributed by atoms with Gasteiger partial charge in [0.1, 0.15) is 0 Å². The van der Waals surface area contributed by atoms with Crippen LogP contribution in [0.1, 0.15) is 32.7 Å². The van der Waals surface area contributed by atoms with Gasteiger partial charge in [0.15, 0.2) is 0 Å². The smallest absolute Gasteiger partial charge is 0.258 e. The van der Waals surface area contributed by atoms with Gasteiger partial charge in [-0.15, -0.1) is 0 Å². The van der Waals surface area contributed by atoms with Gasteiger partial charge >= 0.3 is 0 Å². The highest BCUT2D eigenvalue weighted by molar-refractivity contribution is 6.25. The number of nitrogens with one attached hydrogen (secondary N) is 1. The largest absolute Gasteiger partial charge is 0.397 e. The Balaban J connectivity index is 1.21. The van der Waals surface area contributed by atoms with Gasteiger partial charge < -0.3 is 16.0 Å². The first-order valence-corrected chi connectivity index (χ1v) is 10.7. The van der Waals surface area contributed by atoms with E-state index in [1.807, 2.05) is 77.7 Å². The topological polar surface area (TPSA) is 75.4 Å². The van der Waals surface area contributed by atoms with Crippen LogP contribution < -0.4 is 16.0 Å². The van der Waals surface area contributed by atoms with Gasteiger partial charge in [-0.1, -0.05) is 48.5 Å². The minimum Gasteiger partial charge on any atom is -0.397 e. The zero-order chi connectivity index (χ0) is 22.1. The molecule has 0 spiro atoms. The lowest BCUT2D eigenvalue weighted by atomic mass is 10.1. The molecule has 0 saturated heterocycles. The van der Waals surface area contributed by atoms with Gasteiger partial charge in [0.2, 0.25) is 0 Å². The van der Waals surface area contributed by atoms with Crippen LogP contribution in [0.5, 0.6) is 0 Å². The maximum Gasteiger partial charge on any atom is 0.258 e. The maximum absolute atomic E-state index is 12.9. The standard InChI is InChI=1S/C27H23N3O2/c28-22-10-1-2-11-23(22)29-26(31)20-15-13-18(14-16-20)6-5-17-30-24-12-4-8-19-7-3-9-21(25(19)24)27(30)32/h1-4,7-16H,5-6,17,28H2,(H,29,31). The molecule has 1 heterocycles. The highest BCUT2D eigenvalue weighted by Gasteiger charge is 2.28. The monoisotopic (exact) mass is 421 g/mol. The van der Waals surface area contributed by atoms with Gasteiger partial charge in [-0.25, -0.2) is 0 Å². The van der Waals surface area contributed by atoms with Crippen molar-refractivity contribution in [2.24, 2.45) is 0 Å². The van der Waals surface area contributed by atoms with Crippen LogP contribution in [0.3, 0.4) is 0 Å². The predicted molar refractivity (Wildman–Crippen MR) is 129 cm³/mol. The molecular weight excluding hydrogens is 398 g/mol. The van der Waals surface area contributed by atoms with E-state index in [1.165, 1.54) is 0 Å². The lowest BCUT2D eigenvalue weighted by molar-refractivity contribution is 0.0991. The molecule has 2 amide bonds. The molecule has 0 aromatic heterocycles. The summed E-state index contributed by atoms with van der Waals surface area (Å²) in [4.78, 5) is 27.3. The number of benzene rings is 4. The number of aryl methyl sites for hydroxylation is 1. The minimum absolute atomic E-state index is 0.0732. The Labute approximate surface area is 186 Å². The number of rotatable bonds is 6. The molecule has 1 aliphatic rings. The molecule has 3 N–H and O–H groups in total. The molecule has 0 atom stereocenters. The van der Waals surface area contributed by atoms with Crippen molar-refractivity contribution >= 4 is 39.6 Å². The van der Waals surface area contributed by atoms with Crippen molar-refractivity contribution in [2.45, 2.75) is 12.8 Å². The van der Waals surface area contributed by atoms with E-state index in [-0.39, 0.29) is 11.8 Å². The summed E-state index contributed by atoms with van der Waals surface area (Å²) < 4.78 is 0. The molecule has 32 heavy (non-hydrogen) atoms. The highest BCUT2D eigenvalue weighted by Crippen LogP contribution is 2.37. The second-order valence-electron chi connectivity index (χ2n) is 7.98. The van der Waals surface area contributed by atoms with E-state index < -0.39 is 0 Å². The second-order valence-corrected chi connectivity index (χ2v) is 7.98. The number of hydrogen-bond acceptors (Lipinski definition) is 3. The number of anilines is 3. The van der Waals surface area contributed by atoms with Crippen molar-refractivity contribution in [3.63, 3.8) is 0 Å². The summed E-state index contributed by atoms with van der Waals surface area (Å²) in [5, 5.41) is 4.99. The average Bonchev–Trinajstić information content (AvgIpc) is 3.09. The molecule has 158 valence electrons. The summed E-state index contributed by atoms with van der Waals surface area (Å²) in [6.07, 6.45) is 1.66. The van der Waals surface area contributed by atoms with Crippen molar-refractivity contribution in [1.82, 2.24) is 0 Å². The summed E-state index contributed by atoms with van der Waals surface area (Å²) in [5.74, 6) is -0.119. The second kappa shape index (κ2) is 8.19. The van der Waals surface area contributed by atoms with Crippen LogP contribution in [0.15, 0.2) is 84.9 Å². The van der Waals surface area contributed by atoms with Gasteiger partial charge in [0.25, 0.3) is 11.8 Å². The third-order valence-corrected chi connectivity index (χ3v) is 5.92. The van der Waals surface area contributed by atoms with Gasteiger partial charge in [-0.05, 0) is 60.2 Å². The summed E-state index contributed by atoms with van der Waals surface area (Å²) in [6, 6.07) is 26.7. The average molecular weight is 422 g/mol.